The molecule has 1 aromatic carbocycles. The van der Waals surface area contributed by atoms with E-state index in [0.717, 1.165) is 25.0 Å². The molecule has 0 radical (unpaired) electrons. The molecule has 1 spiro atoms. The van der Waals surface area contributed by atoms with Crippen molar-refractivity contribution < 1.29 is 18.6 Å². The molecule has 3 aromatic rings. The number of piperidine rings is 1. The lowest BCUT2D eigenvalue weighted by molar-refractivity contribution is 0.0973. The summed E-state index contributed by atoms with van der Waals surface area (Å²) in [5.41, 5.74) is 7.36. The highest BCUT2D eigenvalue weighted by Crippen LogP contribution is 2.42. The van der Waals surface area contributed by atoms with Gasteiger partial charge < -0.3 is 20.5 Å². The number of nitrogens with zero attached hydrogens (tertiary/aromatic N) is 4. The van der Waals surface area contributed by atoms with Crippen molar-refractivity contribution in [2.24, 2.45) is 11.1 Å². The van der Waals surface area contributed by atoms with Gasteiger partial charge in [-0.3, -0.25) is 5.10 Å². The number of fused-ring (bicyclic) bond motifs is 1. The molecule has 5 rings (SSSR count). The van der Waals surface area contributed by atoms with Gasteiger partial charge in [0.1, 0.15) is 28.5 Å². The van der Waals surface area contributed by atoms with Crippen LogP contribution in [-0.2, 0) is 11.3 Å². The molecule has 2 aliphatic rings. The van der Waals surface area contributed by atoms with Crippen molar-refractivity contribution in [1.82, 2.24) is 20.2 Å². The summed E-state index contributed by atoms with van der Waals surface area (Å²) in [5.74, 6) is 4.28. The van der Waals surface area contributed by atoms with Crippen LogP contribution in [0, 0.1) is 28.9 Å². The Kier molecular flexibility index (Phi) is 5.90. The monoisotopic (exact) mass is 488 g/mol. The zero-order valence-electron chi connectivity index (χ0n) is 18.4. The van der Waals surface area contributed by atoms with Gasteiger partial charge in [0.2, 0.25) is 5.65 Å². The first-order valence-corrected chi connectivity index (χ1v) is 11.3. The van der Waals surface area contributed by atoms with Crippen molar-refractivity contribution in [2.75, 3.05) is 24.6 Å². The minimum Gasteiger partial charge on any atom is -0.390 e. The van der Waals surface area contributed by atoms with Crippen LogP contribution in [0.5, 0.6) is 0 Å². The maximum absolute atomic E-state index is 14.0. The molecule has 4 heterocycles. The molecule has 0 unspecified atom stereocenters. The molecule has 34 heavy (non-hydrogen) atoms. The van der Waals surface area contributed by atoms with Crippen LogP contribution in [0.3, 0.4) is 0 Å². The van der Waals surface area contributed by atoms with E-state index in [9.17, 15) is 13.9 Å². The Bertz CT molecular complexity index is 1310. The van der Waals surface area contributed by atoms with E-state index in [2.05, 4.69) is 36.9 Å². The van der Waals surface area contributed by atoms with E-state index in [4.69, 9.17) is 22.1 Å². The number of halogens is 3. The lowest BCUT2D eigenvalue weighted by atomic mass is 9.73. The maximum atomic E-state index is 14.0. The molecule has 0 saturated carbocycles. The quantitative estimate of drug-likeness (QED) is 0.375. The molecule has 178 valence electrons. The van der Waals surface area contributed by atoms with Gasteiger partial charge in [-0.05, 0) is 37.8 Å². The third kappa shape index (κ3) is 3.79. The van der Waals surface area contributed by atoms with Crippen molar-refractivity contribution >= 4 is 28.6 Å². The van der Waals surface area contributed by atoms with Crippen LogP contribution in [-0.4, -0.2) is 57.1 Å². The summed E-state index contributed by atoms with van der Waals surface area (Å²) in [6.45, 7) is 3.72. The van der Waals surface area contributed by atoms with Crippen molar-refractivity contribution in [3.63, 3.8) is 0 Å². The molecule has 2 atom stereocenters. The number of hydrogen-bond acceptors (Lipinski definition) is 7. The fourth-order valence-electron chi connectivity index (χ4n) is 4.71. The maximum Gasteiger partial charge on any atom is 0.202 e. The smallest absolute Gasteiger partial charge is 0.202 e. The van der Waals surface area contributed by atoms with Gasteiger partial charge in [-0.25, -0.2) is 18.7 Å². The van der Waals surface area contributed by atoms with Crippen LogP contribution >= 0.6 is 11.6 Å². The highest BCUT2D eigenvalue weighted by molar-refractivity contribution is 6.31. The number of aliphatic hydroxyl groups excluding tert-OH is 1. The van der Waals surface area contributed by atoms with Crippen LogP contribution in [0.1, 0.15) is 36.7 Å². The summed E-state index contributed by atoms with van der Waals surface area (Å²) in [5, 5.41) is 16.5. The molecule has 0 bridgehead atoms. The van der Waals surface area contributed by atoms with Gasteiger partial charge in [-0.15, -0.1) is 0 Å². The van der Waals surface area contributed by atoms with E-state index in [1.807, 2.05) is 6.92 Å². The molecule has 0 aliphatic carbocycles. The molecule has 2 aromatic heterocycles. The Morgan fingerprint density at radius 3 is 2.68 bits per heavy atom. The summed E-state index contributed by atoms with van der Waals surface area (Å²) in [6, 6.07) is 1.88. The minimum atomic E-state index is -0.767. The van der Waals surface area contributed by atoms with E-state index in [1.165, 1.54) is 0 Å². The second-order valence-electron chi connectivity index (χ2n) is 8.78. The van der Waals surface area contributed by atoms with Crippen molar-refractivity contribution in [2.45, 2.75) is 38.5 Å². The first kappa shape index (κ1) is 22.9. The molecule has 2 fully saturated rings. The fraction of sp³-hybridized carbons (Fsp3) is 0.435. The topological polar surface area (TPSA) is 113 Å². The van der Waals surface area contributed by atoms with Gasteiger partial charge >= 0.3 is 0 Å². The summed E-state index contributed by atoms with van der Waals surface area (Å²) in [7, 11) is 0. The lowest BCUT2D eigenvalue weighted by Gasteiger charge is -2.41. The average molecular weight is 489 g/mol. The Morgan fingerprint density at radius 2 is 2.00 bits per heavy atom. The first-order valence-electron chi connectivity index (χ1n) is 11.0. The SMILES string of the molecule is C[C@@H]1OCC2(CCN(c3nc4n[nH]c(C#Cc5c(F)ccc(F)c5Cl)c4nc3CO)CC2)[C@@H]1N. The van der Waals surface area contributed by atoms with Crippen LogP contribution < -0.4 is 10.6 Å². The van der Waals surface area contributed by atoms with Crippen molar-refractivity contribution in [3.05, 3.63) is 45.7 Å². The second kappa shape index (κ2) is 8.74. The van der Waals surface area contributed by atoms with E-state index in [0.29, 0.717) is 42.4 Å². The molecule has 2 saturated heterocycles. The number of rotatable bonds is 2. The number of aliphatic hydroxyl groups is 1. The predicted molar refractivity (Wildman–Crippen MR) is 122 cm³/mol. The molecule has 2 aliphatic heterocycles. The zero-order chi connectivity index (χ0) is 24.0. The van der Waals surface area contributed by atoms with Crippen LogP contribution in [0.4, 0.5) is 14.6 Å². The minimum absolute atomic E-state index is 0.00979. The van der Waals surface area contributed by atoms with Crippen LogP contribution in [0.15, 0.2) is 12.1 Å². The Labute approximate surface area is 199 Å². The molecular formula is C23H23ClF2N6O2. The predicted octanol–water partition coefficient (Wildman–Crippen LogP) is 2.51. The summed E-state index contributed by atoms with van der Waals surface area (Å²) in [6.07, 6.45) is 1.73. The number of nitrogens with two attached hydrogens (primary N) is 1. The number of benzene rings is 1. The third-order valence-electron chi connectivity index (χ3n) is 6.85. The Hall–Kier alpha value is -2.84. The van der Waals surface area contributed by atoms with Gasteiger partial charge in [-0.2, -0.15) is 5.10 Å². The van der Waals surface area contributed by atoms with Crippen LogP contribution in [0.2, 0.25) is 5.02 Å². The average Bonchev–Trinajstić information content (AvgIpc) is 3.37. The number of ether oxygens (including phenoxy) is 1. The normalized spacial score (nSPS) is 21.8. The summed E-state index contributed by atoms with van der Waals surface area (Å²) < 4.78 is 33.5. The summed E-state index contributed by atoms with van der Waals surface area (Å²) in [4.78, 5) is 11.2. The number of aromatic amines is 1. The van der Waals surface area contributed by atoms with Gasteiger partial charge in [0.25, 0.3) is 0 Å². The lowest BCUT2D eigenvalue weighted by Crippen LogP contribution is -2.51. The van der Waals surface area contributed by atoms with Crippen molar-refractivity contribution in [1.29, 1.82) is 0 Å². The van der Waals surface area contributed by atoms with E-state index >= 15 is 0 Å². The number of H-pyrrole nitrogens is 1. The standard InChI is InChI=1S/C23H23ClF2N6O2/c1-12-20(27)23(11-34-12)6-8-32(9-7-23)22-17(10-33)28-19-16(30-31-21(19)29-22)5-2-13-14(25)3-4-15(26)18(13)24/h3-4,12,20,33H,6-11,27H2,1H3,(H,29,30,31)/t12-,20+/m0/s1. The van der Waals surface area contributed by atoms with Gasteiger partial charge in [0.05, 0.1) is 29.9 Å². The third-order valence-corrected chi connectivity index (χ3v) is 7.22. The number of aromatic nitrogens is 4. The Morgan fingerprint density at radius 1 is 1.26 bits per heavy atom. The van der Waals surface area contributed by atoms with Gasteiger partial charge in [-0.1, -0.05) is 17.5 Å². The zero-order valence-corrected chi connectivity index (χ0v) is 19.2. The number of anilines is 1. The number of hydrogen-bond donors (Lipinski definition) is 3. The largest absolute Gasteiger partial charge is 0.390 e. The van der Waals surface area contributed by atoms with Gasteiger partial charge in [0, 0.05) is 24.5 Å². The second-order valence-corrected chi connectivity index (χ2v) is 9.16. The molecule has 0 amide bonds. The highest BCUT2D eigenvalue weighted by atomic mass is 35.5. The molecular weight excluding hydrogens is 466 g/mol. The number of nitrogens with one attached hydrogen (secondary N) is 1. The Balaban J connectivity index is 1.44. The highest BCUT2D eigenvalue weighted by Gasteiger charge is 2.47. The van der Waals surface area contributed by atoms with E-state index < -0.39 is 16.7 Å². The van der Waals surface area contributed by atoms with E-state index in [1.54, 1.807) is 0 Å². The summed E-state index contributed by atoms with van der Waals surface area (Å²) >= 11 is 5.85. The molecule has 8 nitrogen and oxygen atoms in total. The molecule has 4 N–H and O–H groups in total. The van der Waals surface area contributed by atoms with Crippen molar-refractivity contribution in [3.8, 4) is 11.8 Å². The first-order chi connectivity index (χ1) is 16.3. The van der Waals surface area contributed by atoms with Crippen LogP contribution in [0.25, 0.3) is 11.2 Å². The fourth-order valence-corrected chi connectivity index (χ4v) is 4.91. The molecule has 11 heteroatoms. The van der Waals surface area contributed by atoms with Gasteiger partial charge in [0.15, 0.2) is 5.82 Å². The van der Waals surface area contributed by atoms with E-state index in [-0.39, 0.29) is 35.4 Å².